The Hall–Kier alpha value is -0.280. The Bertz CT molecular complexity index is 371. The van der Waals surface area contributed by atoms with Crippen LogP contribution in [0.1, 0.15) is 18.4 Å². The molecule has 4 heteroatoms. The Morgan fingerprint density at radius 2 is 1.94 bits per heavy atom. The van der Waals surface area contributed by atoms with Crippen molar-refractivity contribution in [2.45, 2.75) is 25.4 Å². The van der Waals surface area contributed by atoms with Crippen LogP contribution in [0, 0.1) is 5.92 Å². The molecule has 1 fully saturated rings. The molecule has 0 bridgehead atoms. The van der Waals surface area contributed by atoms with E-state index in [4.69, 9.17) is 28.9 Å². The summed E-state index contributed by atoms with van der Waals surface area (Å²) in [4.78, 5) is 2.27. The monoisotopic (exact) mass is 272 g/mol. The molecule has 0 radical (unpaired) electrons. The number of hydrogen-bond acceptors (Lipinski definition) is 2. The highest BCUT2D eigenvalue weighted by Crippen LogP contribution is 2.35. The summed E-state index contributed by atoms with van der Waals surface area (Å²) in [6, 6.07) is 6.08. The predicted octanol–water partition coefficient (Wildman–Crippen LogP) is 3.16. The van der Waals surface area contributed by atoms with Crippen LogP contribution in [0.2, 0.25) is 10.0 Å². The molecule has 1 aliphatic carbocycles. The van der Waals surface area contributed by atoms with Crippen LogP contribution < -0.4 is 5.73 Å². The molecule has 1 saturated carbocycles. The van der Waals surface area contributed by atoms with E-state index in [2.05, 4.69) is 11.9 Å². The van der Waals surface area contributed by atoms with Gasteiger partial charge in [0.15, 0.2) is 0 Å². The van der Waals surface area contributed by atoms with Crippen molar-refractivity contribution in [3.63, 3.8) is 0 Å². The van der Waals surface area contributed by atoms with E-state index in [9.17, 15) is 0 Å². The van der Waals surface area contributed by atoms with Crippen LogP contribution in [-0.4, -0.2) is 24.5 Å². The van der Waals surface area contributed by atoms with Gasteiger partial charge in [0.25, 0.3) is 0 Å². The smallest absolute Gasteiger partial charge is 0.0465 e. The summed E-state index contributed by atoms with van der Waals surface area (Å²) in [6.45, 7) is 1.46. The maximum atomic E-state index is 6.17. The lowest BCUT2D eigenvalue weighted by molar-refractivity contribution is 0.215. The van der Waals surface area contributed by atoms with Gasteiger partial charge in [-0.15, -0.1) is 0 Å². The first-order chi connectivity index (χ1) is 8.13. The molecular formula is C13H18Cl2N2. The van der Waals surface area contributed by atoms with Gasteiger partial charge in [-0.3, -0.25) is 4.90 Å². The van der Waals surface area contributed by atoms with Gasteiger partial charge in [0, 0.05) is 34.7 Å². The fourth-order valence-corrected chi connectivity index (χ4v) is 2.78. The third-order valence-corrected chi connectivity index (χ3v) is 4.15. The van der Waals surface area contributed by atoms with Crippen LogP contribution in [-0.2, 0) is 6.54 Å². The molecule has 1 atom stereocenters. The molecule has 0 aliphatic heterocycles. The molecule has 94 valence electrons. The Balaban J connectivity index is 2.08. The quantitative estimate of drug-likeness (QED) is 0.892. The molecule has 1 aliphatic rings. The van der Waals surface area contributed by atoms with Crippen LogP contribution in [0.4, 0.5) is 0 Å². The topological polar surface area (TPSA) is 29.3 Å². The first kappa shape index (κ1) is 13.2. The summed E-state index contributed by atoms with van der Waals surface area (Å²) >= 11 is 12.3. The van der Waals surface area contributed by atoms with Gasteiger partial charge < -0.3 is 5.73 Å². The van der Waals surface area contributed by atoms with Crippen molar-refractivity contribution in [2.75, 3.05) is 13.6 Å². The Labute approximate surface area is 113 Å². The van der Waals surface area contributed by atoms with E-state index >= 15 is 0 Å². The second kappa shape index (κ2) is 5.57. The minimum absolute atomic E-state index is 0.447. The van der Waals surface area contributed by atoms with Crippen LogP contribution in [0.5, 0.6) is 0 Å². The highest BCUT2D eigenvalue weighted by atomic mass is 35.5. The van der Waals surface area contributed by atoms with Crippen LogP contribution >= 0.6 is 23.2 Å². The van der Waals surface area contributed by atoms with Gasteiger partial charge in [-0.1, -0.05) is 29.3 Å². The van der Waals surface area contributed by atoms with Crippen molar-refractivity contribution >= 4 is 23.2 Å². The molecule has 0 aromatic heterocycles. The predicted molar refractivity (Wildman–Crippen MR) is 73.5 cm³/mol. The van der Waals surface area contributed by atoms with Gasteiger partial charge in [-0.25, -0.2) is 0 Å². The molecule has 0 saturated heterocycles. The number of benzene rings is 1. The maximum Gasteiger partial charge on any atom is 0.0465 e. The highest BCUT2D eigenvalue weighted by molar-refractivity contribution is 6.35. The first-order valence-corrected chi connectivity index (χ1v) is 6.72. The number of rotatable bonds is 5. The lowest BCUT2D eigenvalue weighted by Gasteiger charge is -2.27. The van der Waals surface area contributed by atoms with Crippen LogP contribution in [0.3, 0.4) is 0 Å². The summed E-state index contributed by atoms with van der Waals surface area (Å²) in [5, 5.41) is 1.46. The largest absolute Gasteiger partial charge is 0.329 e. The molecule has 0 amide bonds. The number of nitrogens with zero attached hydrogens (tertiary/aromatic N) is 1. The summed E-state index contributed by atoms with van der Waals surface area (Å²) < 4.78 is 0. The van der Waals surface area contributed by atoms with Gasteiger partial charge in [0.2, 0.25) is 0 Å². The van der Waals surface area contributed by atoms with E-state index < -0.39 is 0 Å². The Morgan fingerprint density at radius 3 is 2.41 bits per heavy atom. The zero-order valence-electron chi connectivity index (χ0n) is 10.00. The third-order valence-electron chi connectivity index (χ3n) is 3.44. The SMILES string of the molecule is CN(Cc1c(Cl)cccc1Cl)C(CN)C1CC1. The van der Waals surface area contributed by atoms with Crippen molar-refractivity contribution < 1.29 is 0 Å². The molecule has 2 rings (SSSR count). The minimum Gasteiger partial charge on any atom is -0.329 e. The van der Waals surface area contributed by atoms with Gasteiger partial charge >= 0.3 is 0 Å². The number of likely N-dealkylation sites (N-methyl/N-ethyl adjacent to an activating group) is 1. The lowest BCUT2D eigenvalue weighted by Crippen LogP contribution is -2.39. The number of nitrogens with two attached hydrogens (primary N) is 1. The first-order valence-electron chi connectivity index (χ1n) is 5.96. The van der Waals surface area contributed by atoms with E-state index in [1.165, 1.54) is 12.8 Å². The van der Waals surface area contributed by atoms with Crippen LogP contribution in [0.25, 0.3) is 0 Å². The van der Waals surface area contributed by atoms with Crippen molar-refractivity contribution in [1.29, 1.82) is 0 Å². The third kappa shape index (κ3) is 3.14. The standard InChI is InChI=1S/C13H18Cl2N2/c1-17(13(7-16)9-5-6-9)8-10-11(14)3-2-4-12(10)15/h2-4,9,13H,5-8,16H2,1H3. The van der Waals surface area contributed by atoms with Gasteiger partial charge in [0.05, 0.1) is 0 Å². The van der Waals surface area contributed by atoms with Crippen molar-refractivity contribution in [2.24, 2.45) is 11.7 Å². The average molecular weight is 273 g/mol. The molecule has 1 unspecified atom stereocenters. The second-order valence-corrected chi connectivity index (χ2v) is 5.57. The molecule has 2 N–H and O–H groups in total. The minimum atomic E-state index is 0.447. The molecule has 1 aromatic carbocycles. The highest BCUT2D eigenvalue weighted by Gasteiger charge is 2.33. The van der Waals surface area contributed by atoms with E-state index in [1.54, 1.807) is 0 Å². The van der Waals surface area contributed by atoms with E-state index in [0.29, 0.717) is 12.6 Å². The van der Waals surface area contributed by atoms with Crippen molar-refractivity contribution in [3.8, 4) is 0 Å². The maximum absolute atomic E-state index is 6.17. The van der Waals surface area contributed by atoms with Crippen molar-refractivity contribution in [3.05, 3.63) is 33.8 Å². The molecule has 0 heterocycles. The molecule has 1 aromatic rings. The zero-order chi connectivity index (χ0) is 12.4. The fourth-order valence-electron chi connectivity index (χ4n) is 2.26. The number of hydrogen-bond donors (Lipinski definition) is 1. The van der Waals surface area contributed by atoms with E-state index in [0.717, 1.165) is 28.1 Å². The summed E-state index contributed by atoms with van der Waals surface area (Å²) in [5.41, 5.74) is 6.83. The molecule has 17 heavy (non-hydrogen) atoms. The second-order valence-electron chi connectivity index (χ2n) is 4.76. The summed E-state index contributed by atoms with van der Waals surface area (Å²) in [7, 11) is 2.09. The van der Waals surface area contributed by atoms with E-state index in [1.807, 2.05) is 18.2 Å². The van der Waals surface area contributed by atoms with Gasteiger partial charge in [-0.2, -0.15) is 0 Å². The van der Waals surface area contributed by atoms with E-state index in [-0.39, 0.29) is 0 Å². The fraction of sp³-hybridized carbons (Fsp3) is 0.538. The average Bonchev–Trinajstić information content (AvgIpc) is 3.09. The molecular weight excluding hydrogens is 255 g/mol. The molecule has 0 spiro atoms. The lowest BCUT2D eigenvalue weighted by atomic mass is 10.1. The zero-order valence-corrected chi connectivity index (χ0v) is 11.5. The Morgan fingerprint density at radius 1 is 1.35 bits per heavy atom. The normalized spacial score (nSPS) is 17.5. The number of halogens is 2. The summed E-state index contributed by atoms with van der Waals surface area (Å²) in [6.07, 6.45) is 2.59. The Kier molecular flexibility index (Phi) is 4.31. The molecule has 2 nitrogen and oxygen atoms in total. The van der Waals surface area contributed by atoms with Gasteiger partial charge in [-0.05, 0) is 37.9 Å². The van der Waals surface area contributed by atoms with Gasteiger partial charge in [0.1, 0.15) is 0 Å². The summed E-state index contributed by atoms with van der Waals surface area (Å²) in [5.74, 6) is 0.756. The van der Waals surface area contributed by atoms with Crippen LogP contribution in [0.15, 0.2) is 18.2 Å². The van der Waals surface area contributed by atoms with Crippen molar-refractivity contribution in [1.82, 2.24) is 4.90 Å².